The second-order valence-electron chi connectivity index (χ2n) is 4.63. The molecule has 0 aromatic heterocycles. The van der Waals surface area contributed by atoms with Crippen molar-refractivity contribution in [3.05, 3.63) is 64.2 Å². The molecular formula is C15H13ClF3NO. The van der Waals surface area contributed by atoms with Gasteiger partial charge in [-0.05, 0) is 36.2 Å². The van der Waals surface area contributed by atoms with Gasteiger partial charge in [-0.15, -0.1) is 13.2 Å². The van der Waals surface area contributed by atoms with E-state index in [0.717, 1.165) is 5.56 Å². The van der Waals surface area contributed by atoms with Gasteiger partial charge in [0.05, 0.1) is 6.04 Å². The maximum absolute atomic E-state index is 12.4. The van der Waals surface area contributed by atoms with Gasteiger partial charge in [0.15, 0.2) is 0 Å². The molecule has 112 valence electrons. The third kappa shape index (κ3) is 4.12. The Hall–Kier alpha value is -1.72. The Morgan fingerprint density at radius 3 is 2.43 bits per heavy atom. The normalized spacial score (nSPS) is 13.0. The Morgan fingerprint density at radius 2 is 1.81 bits per heavy atom. The fraction of sp³-hybridized carbons (Fsp3) is 0.200. The zero-order valence-corrected chi connectivity index (χ0v) is 11.9. The molecule has 2 N–H and O–H groups in total. The van der Waals surface area contributed by atoms with Gasteiger partial charge < -0.3 is 10.5 Å². The van der Waals surface area contributed by atoms with Gasteiger partial charge in [-0.25, -0.2) is 0 Å². The van der Waals surface area contributed by atoms with Gasteiger partial charge in [-0.3, -0.25) is 0 Å². The molecule has 0 spiro atoms. The zero-order valence-electron chi connectivity index (χ0n) is 11.1. The van der Waals surface area contributed by atoms with Crippen LogP contribution < -0.4 is 10.5 Å². The molecule has 0 saturated carbocycles. The molecule has 0 amide bonds. The molecule has 2 rings (SSSR count). The van der Waals surface area contributed by atoms with E-state index in [1.807, 2.05) is 6.92 Å². The number of nitrogens with two attached hydrogens (primary N) is 1. The molecule has 2 aromatic carbocycles. The summed E-state index contributed by atoms with van der Waals surface area (Å²) in [6, 6.07) is 10.2. The van der Waals surface area contributed by atoms with Crippen molar-refractivity contribution < 1.29 is 17.9 Å². The lowest BCUT2D eigenvalue weighted by Gasteiger charge is -2.18. The fourth-order valence-corrected chi connectivity index (χ4v) is 2.38. The summed E-state index contributed by atoms with van der Waals surface area (Å²) in [5.41, 5.74) is 7.81. The first-order chi connectivity index (χ1) is 9.76. The van der Waals surface area contributed by atoms with E-state index < -0.39 is 12.4 Å². The molecule has 0 fully saturated rings. The van der Waals surface area contributed by atoms with Crippen LogP contribution in [0.3, 0.4) is 0 Å². The van der Waals surface area contributed by atoms with Crippen LogP contribution in [0.25, 0.3) is 0 Å². The lowest BCUT2D eigenvalue weighted by Crippen LogP contribution is -2.20. The van der Waals surface area contributed by atoms with Crippen molar-refractivity contribution in [3.63, 3.8) is 0 Å². The van der Waals surface area contributed by atoms with Crippen LogP contribution in [-0.2, 0) is 0 Å². The van der Waals surface area contributed by atoms with E-state index in [1.54, 1.807) is 24.3 Å². The summed E-state index contributed by atoms with van der Waals surface area (Å²) < 4.78 is 41.3. The van der Waals surface area contributed by atoms with Crippen LogP contribution >= 0.6 is 11.6 Å². The number of rotatable bonds is 3. The topological polar surface area (TPSA) is 35.2 Å². The Balaban J connectivity index is 2.41. The largest absolute Gasteiger partial charge is 0.573 e. The van der Waals surface area contributed by atoms with E-state index in [2.05, 4.69) is 4.74 Å². The number of para-hydroxylation sites is 1. The molecule has 0 bridgehead atoms. The van der Waals surface area contributed by atoms with Crippen LogP contribution in [0.15, 0.2) is 42.5 Å². The first kappa shape index (κ1) is 15.7. The van der Waals surface area contributed by atoms with Gasteiger partial charge in [-0.1, -0.05) is 35.9 Å². The molecule has 1 unspecified atom stereocenters. The van der Waals surface area contributed by atoms with Crippen LogP contribution in [0, 0.1) is 6.92 Å². The average molecular weight is 316 g/mol. The standard InChI is InChI=1S/C15H13ClF3NO/c1-9-6-10(8-11(16)7-9)14(20)12-4-2-3-5-13(12)21-15(17,18)19/h2-8,14H,20H2,1H3. The summed E-state index contributed by atoms with van der Waals surface area (Å²) in [7, 11) is 0. The lowest BCUT2D eigenvalue weighted by atomic mass is 9.97. The van der Waals surface area contributed by atoms with Gasteiger partial charge in [0, 0.05) is 10.6 Å². The van der Waals surface area contributed by atoms with Gasteiger partial charge in [0.1, 0.15) is 5.75 Å². The van der Waals surface area contributed by atoms with E-state index >= 15 is 0 Å². The first-order valence-electron chi connectivity index (χ1n) is 6.13. The highest BCUT2D eigenvalue weighted by molar-refractivity contribution is 6.30. The maximum Gasteiger partial charge on any atom is 0.573 e. The molecule has 0 aliphatic rings. The van der Waals surface area contributed by atoms with E-state index in [0.29, 0.717) is 10.6 Å². The zero-order chi connectivity index (χ0) is 15.6. The highest BCUT2D eigenvalue weighted by Crippen LogP contribution is 2.33. The number of benzene rings is 2. The first-order valence-corrected chi connectivity index (χ1v) is 6.51. The second-order valence-corrected chi connectivity index (χ2v) is 5.06. The summed E-state index contributed by atoms with van der Waals surface area (Å²) in [4.78, 5) is 0. The van der Waals surface area contributed by atoms with E-state index in [-0.39, 0.29) is 11.3 Å². The highest BCUT2D eigenvalue weighted by atomic mass is 35.5. The number of hydrogen-bond acceptors (Lipinski definition) is 2. The summed E-state index contributed by atoms with van der Waals surface area (Å²) in [5.74, 6) is -0.310. The predicted octanol–water partition coefficient (Wildman–Crippen LogP) is 4.60. The molecular weight excluding hydrogens is 303 g/mol. The van der Waals surface area contributed by atoms with Crippen molar-refractivity contribution >= 4 is 11.6 Å². The second kappa shape index (κ2) is 5.95. The number of alkyl halides is 3. The Labute approximate surface area is 125 Å². The number of aryl methyl sites for hydroxylation is 1. The Bertz CT molecular complexity index is 623. The van der Waals surface area contributed by atoms with Crippen molar-refractivity contribution in [3.8, 4) is 5.75 Å². The van der Waals surface area contributed by atoms with E-state index in [1.165, 1.54) is 18.2 Å². The average Bonchev–Trinajstić information content (AvgIpc) is 2.35. The molecule has 0 aliphatic carbocycles. The van der Waals surface area contributed by atoms with Crippen molar-refractivity contribution in [2.45, 2.75) is 19.3 Å². The molecule has 1 atom stereocenters. The van der Waals surface area contributed by atoms with Crippen molar-refractivity contribution in [2.75, 3.05) is 0 Å². The molecule has 6 heteroatoms. The molecule has 0 heterocycles. The van der Waals surface area contributed by atoms with Gasteiger partial charge in [0.2, 0.25) is 0 Å². The molecule has 0 radical (unpaired) electrons. The van der Waals surface area contributed by atoms with Crippen molar-refractivity contribution in [1.82, 2.24) is 0 Å². The van der Waals surface area contributed by atoms with Crippen molar-refractivity contribution in [2.24, 2.45) is 5.73 Å². The predicted molar refractivity (Wildman–Crippen MR) is 75.3 cm³/mol. The Morgan fingerprint density at radius 1 is 1.14 bits per heavy atom. The SMILES string of the molecule is Cc1cc(Cl)cc(C(N)c2ccccc2OC(F)(F)F)c1. The summed E-state index contributed by atoms with van der Waals surface area (Å²) in [6.45, 7) is 1.83. The van der Waals surface area contributed by atoms with Crippen LogP contribution in [0.5, 0.6) is 5.75 Å². The van der Waals surface area contributed by atoms with E-state index in [4.69, 9.17) is 17.3 Å². The Kier molecular flexibility index (Phi) is 4.44. The summed E-state index contributed by atoms with van der Waals surface area (Å²) in [6.07, 6.45) is -4.76. The minimum Gasteiger partial charge on any atom is -0.405 e. The monoisotopic (exact) mass is 315 g/mol. The van der Waals surface area contributed by atoms with Crippen LogP contribution in [0.2, 0.25) is 5.02 Å². The van der Waals surface area contributed by atoms with Gasteiger partial charge in [0.25, 0.3) is 0 Å². The number of halogens is 4. The lowest BCUT2D eigenvalue weighted by molar-refractivity contribution is -0.274. The number of hydrogen-bond donors (Lipinski definition) is 1. The maximum atomic E-state index is 12.4. The molecule has 21 heavy (non-hydrogen) atoms. The summed E-state index contributed by atoms with van der Waals surface area (Å²) in [5, 5.41) is 0.481. The third-order valence-corrected chi connectivity index (χ3v) is 3.12. The third-order valence-electron chi connectivity index (χ3n) is 2.90. The number of ether oxygens (including phenoxy) is 1. The minimum atomic E-state index is -4.76. The molecule has 2 nitrogen and oxygen atoms in total. The smallest absolute Gasteiger partial charge is 0.405 e. The fourth-order valence-electron chi connectivity index (χ4n) is 2.08. The van der Waals surface area contributed by atoms with Crippen LogP contribution in [0.1, 0.15) is 22.7 Å². The van der Waals surface area contributed by atoms with Crippen LogP contribution in [0.4, 0.5) is 13.2 Å². The molecule has 0 aliphatic heterocycles. The van der Waals surface area contributed by atoms with Crippen LogP contribution in [-0.4, -0.2) is 6.36 Å². The minimum absolute atomic E-state index is 0.247. The van der Waals surface area contributed by atoms with E-state index in [9.17, 15) is 13.2 Å². The quantitative estimate of drug-likeness (QED) is 0.898. The van der Waals surface area contributed by atoms with Gasteiger partial charge in [-0.2, -0.15) is 0 Å². The van der Waals surface area contributed by atoms with Crippen molar-refractivity contribution in [1.29, 1.82) is 0 Å². The van der Waals surface area contributed by atoms with Gasteiger partial charge >= 0.3 is 6.36 Å². The summed E-state index contributed by atoms with van der Waals surface area (Å²) >= 11 is 5.96. The highest BCUT2D eigenvalue weighted by Gasteiger charge is 2.32. The molecule has 2 aromatic rings. The molecule has 0 saturated heterocycles.